The Kier molecular flexibility index (Phi) is 2.91. The largest absolute Gasteiger partial charge is 0.402 e. The average Bonchev–Trinajstić information content (AvgIpc) is 2.02. The number of allylic oxidation sites excluding steroid dienone is 2. The van der Waals surface area contributed by atoms with Gasteiger partial charge in [0, 0.05) is 5.70 Å². The van der Waals surface area contributed by atoms with Crippen molar-refractivity contribution in [3.8, 4) is 0 Å². The Morgan fingerprint density at radius 2 is 2.15 bits per heavy atom. The van der Waals surface area contributed by atoms with Crippen LogP contribution in [0.5, 0.6) is 0 Å². The van der Waals surface area contributed by atoms with E-state index in [1.54, 1.807) is 0 Å². The molecule has 2 N–H and O–H groups in total. The zero-order chi connectivity index (χ0) is 9.84. The molecule has 0 atom stereocenters. The number of hydrogen-bond acceptors (Lipinski definition) is 1. The minimum absolute atomic E-state index is 0.806. The zero-order valence-electron chi connectivity index (χ0n) is 8.17. The first-order chi connectivity index (χ1) is 6.09. The second kappa shape index (κ2) is 3.94. The summed E-state index contributed by atoms with van der Waals surface area (Å²) in [5, 5.41) is 2.16. The van der Waals surface area contributed by atoms with Crippen molar-refractivity contribution in [1.82, 2.24) is 0 Å². The SMILES string of the molecule is C=c1cc(C)cc/c1=C/C=C(\C)N. The van der Waals surface area contributed by atoms with E-state index in [1.807, 2.05) is 19.1 Å². The third kappa shape index (κ3) is 2.79. The fourth-order valence-corrected chi connectivity index (χ4v) is 1.12. The zero-order valence-corrected chi connectivity index (χ0v) is 8.17. The topological polar surface area (TPSA) is 26.0 Å². The summed E-state index contributed by atoms with van der Waals surface area (Å²) >= 11 is 0. The standard InChI is InChI=1S/C12H15N/c1-9-4-6-12(10(2)8-9)7-5-11(3)13/h4-8H,2,13H2,1,3H3/b11-5+,12-7-. The Labute approximate surface area is 78.9 Å². The molecule has 0 aromatic heterocycles. The predicted molar refractivity (Wildman–Crippen MR) is 58.4 cm³/mol. The molecule has 1 rings (SSSR count). The number of hydrogen-bond donors (Lipinski definition) is 1. The van der Waals surface area contributed by atoms with Crippen molar-refractivity contribution in [3.05, 3.63) is 46.0 Å². The maximum atomic E-state index is 5.53. The molecule has 1 nitrogen and oxygen atoms in total. The van der Waals surface area contributed by atoms with E-state index in [-0.39, 0.29) is 0 Å². The summed E-state index contributed by atoms with van der Waals surface area (Å²) in [7, 11) is 0. The van der Waals surface area contributed by atoms with E-state index < -0.39 is 0 Å². The summed E-state index contributed by atoms with van der Waals surface area (Å²) in [6.45, 7) is 7.88. The Morgan fingerprint density at radius 1 is 1.46 bits per heavy atom. The van der Waals surface area contributed by atoms with Crippen molar-refractivity contribution in [2.45, 2.75) is 13.8 Å². The molecule has 0 fully saturated rings. The lowest BCUT2D eigenvalue weighted by molar-refractivity contribution is 1.32. The molecular weight excluding hydrogens is 158 g/mol. The van der Waals surface area contributed by atoms with Crippen LogP contribution in [0.2, 0.25) is 0 Å². The summed E-state index contributed by atoms with van der Waals surface area (Å²) in [6.07, 6.45) is 3.87. The molecule has 0 radical (unpaired) electrons. The van der Waals surface area contributed by atoms with Crippen molar-refractivity contribution >= 4 is 12.7 Å². The van der Waals surface area contributed by atoms with Crippen LogP contribution in [-0.4, -0.2) is 0 Å². The minimum atomic E-state index is 0.806. The van der Waals surface area contributed by atoms with Gasteiger partial charge in [-0.15, -0.1) is 0 Å². The van der Waals surface area contributed by atoms with Crippen molar-refractivity contribution < 1.29 is 0 Å². The van der Waals surface area contributed by atoms with E-state index in [0.717, 1.165) is 16.1 Å². The summed E-state index contributed by atoms with van der Waals surface area (Å²) in [5.74, 6) is 0. The molecule has 0 heterocycles. The summed E-state index contributed by atoms with van der Waals surface area (Å²) in [4.78, 5) is 0. The second-order valence-electron chi connectivity index (χ2n) is 3.28. The molecule has 0 unspecified atom stereocenters. The Morgan fingerprint density at radius 3 is 2.69 bits per heavy atom. The number of rotatable bonds is 1. The smallest absolute Gasteiger partial charge is 0.00490 e. The van der Waals surface area contributed by atoms with Crippen molar-refractivity contribution in [2.75, 3.05) is 0 Å². The number of aryl methyl sites for hydroxylation is 1. The van der Waals surface area contributed by atoms with Crippen LogP contribution in [0.4, 0.5) is 0 Å². The molecule has 13 heavy (non-hydrogen) atoms. The maximum Gasteiger partial charge on any atom is 0.00490 e. The van der Waals surface area contributed by atoms with Gasteiger partial charge < -0.3 is 5.73 Å². The van der Waals surface area contributed by atoms with Gasteiger partial charge >= 0.3 is 0 Å². The Balaban J connectivity index is 3.25. The lowest BCUT2D eigenvalue weighted by Crippen LogP contribution is -2.22. The second-order valence-corrected chi connectivity index (χ2v) is 3.28. The van der Waals surface area contributed by atoms with Gasteiger partial charge in [-0.3, -0.25) is 0 Å². The van der Waals surface area contributed by atoms with Crippen LogP contribution in [0.1, 0.15) is 12.5 Å². The minimum Gasteiger partial charge on any atom is -0.402 e. The van der Waals surface area contributed by atoms with Gasteiger partial charge in [-0.05, 0) is 30.4 Å². The maximum absolute atomic E-state index is 5.53. The van der Waals surface area contributed by atoms with Crippen molar-refractivity contribution in [1.29, 1.82) is 0 Å². The van der Waals surface area contributed by atoms with E-state index in [1.165, 1.54) is 5.56 Å². The summed E-state index contributed by atoms with van der Waals surface area (Å²) < 4.78 is 0. The van der Waals surface area contributed by atoms with Gasteiger partial charge in [0.05, 0.1) is 0 Å². The van der Waals surface area contributed by atoms with Gasteiger partial charge in [-0.2, -0.15) is 0 Å². The van der Waals surface area contributed by atoms with E-state index in [0.29, 0.717) is 0 Å². The first-order valence-corrected chi connectivity index (χ1v) is 4.29. The first kappa shape index (κ1) is 9.59. The molecule has 0 saturated heterocycles. The van der Waals surface area contributed by atoms with Gasteiger partial charge in [0.1, 0.15) is 0 Å². The molecule has 1 aromatic carbocycles. The van der Waals surface area contributed by atoms with E-state index in [9.17, 15) is 0 Å². The van der Waals surface area contributed by atoms with Gasteiger partial charge in [-0.1, -0.05) is 36.4 Å². The Hall–Kier alpha value is -1.50. The fraction of sp³-hybridized carbons (Fsp3) is 0.167. The first-order valence-electron chi connectivity index (χ1n) is 4.29. The van der Waals surface area contributed by atoms with Crippen LogP contribution < -0.4 is 16.2 Å². The molecule has 1 aromatic rings. The highest BCUT2D eigenvalue weighted by molar-refractivity contribution is 5.39. The van der Waals surface area contributed by atoms with Crippen LogP contribution in [0, 0.1) is 6.92 Å². The number of nitrogens with two attached hydrogens (primary N) is 1. The summed E-state index contributed by atoms with van der Waals surface area (Å²) in [5.41, 5.74) is 7.57. The lowest BCUT2D eigenvalue weighted by Gasteiger charge is -1.91. The van der Waals surface area contributed by atoms with Crippen molar-refractivity contribution in [3.63, 3.8) is 0 Å². The third-order valence-corrected chi connectivity index (χ3v) is 1.82. The van der Waals surface area contributed by atoms with E-state index in [4.69, 9.17) is 5.73 Å². The molecule has 1 heteroatoms. The molecule has 0 aliphatic heterocycles. The highest BCUT2D eigenvalue weighted by Crippen LogP contribution is 1.86. The average molecular weight is 173 g/mol. The Bertz CT molecular complexity index is 423. The molecule has 0 aliphatic rings. The van der Waals surface area contributed by atoms with E-state index in [2.05, 4.69) is 31.7 Å². The van der Waals surface area contributed by atoms with Crippen LogP contribution in [-0.2, 0) is 0 Å². The third-order valence-electron chi connectivity index (χ3n) is 1.82. The van der Waals surface area contributed by atoms with Crippen LogP contribution >= 0.6 is 0 Å². The molecule has 0 aliphatic carbocycles. The van der Waals surface area contributed by atoms with Gasteiger partial charge in [0.2, 0.25) is 0 Å². The normalized spacial score (nSPS) is 13.4. The quantitative estimate of drug-likeness (QED) is 0.675. The lowest BCUT2D eigenvalue weighted by atomic mass is 10.2. The van der Waals surface area contributed by atoms with Crippen LogP contribution in [0.25, 0.3) is 12.7 Å². The predicted octanol–water partition coefficient (Wildman–Crippen LogP) is 1.05. The van der Waals surface area contributed by atoms with E-state index >= 15 is 0 Å². The van der Waals surface area contributed by atoms with Crippen molar-refractivity contribution in [2.24, 2.45) is 5.73 Å². The molecular formula is C12H15N. The molecule has 0 bridgehead atoms. The molecule has 68 valence electrons. The summed E-state index contributed by atoms with van der Waals surface area (Å²) in [6, 6.07) is 6.18. The van der Waals surface area contributed by atoms with Crippen LogP contribution in [0.15, 0.2) is 30.0 Å². The monoisotopic (exact) mass is 173 g/mol. The fourth-order valence-electron chi connectivity index (χ4n) is 1.12. The molecule has 0 spiro atoms. The molecule has 0 saturated carbocycles. The highest BCUT2D eigenvalue weighted by atomic mass is 14.5. The van der Waals surface area contributed by atoms with Gasteiger partial charge in [0.25, 0.3) is 0 Å². The van der Waals surface area contributed by atoms with Crippen LogP contribution in [0.3, 0.4) is 0 Å². The molecule has 0 amide bonds. The highest BCUT2D eigenvalue weighted by Gasteiger charge is 1.83. The van der Waals surface area contributed by atoms with Gasteiger partial charge in [0.15, 0.2) is 0 Å². The number of benzene rings is 1. The van der Waals surface area contributed by atoms with Gasteiger partial charge in [-0.25, -0.2) is 0 Å².